The quantitative estimate of drug-likeness (QED) is 0.0251. The Kier molecular flexibility index (Phi) is 59.4. The average Bonchev–Trinajstić information content (AvgIpc) is 0.824. The third-order valence-corrected chi connectivity index (χ3v) is 21.5. The molecular formula is C87H143N23O37. The molecule has 0 heterocycles. The smallest absolute Gasteiger partial charge is 0.326 e. The molecule has 0 aliphatic heterocycles. The lowest BCUT2D eigenvalue weighted by Crippen LogP contribution is -2.62. The number of rotatable bonds is 72. The number of nitrogens with two attached hydrogens (primary N) is 4. The Morgan fingerprint density at radius 1 is 0.224 bits per heavy atom. The monoisotopic (exact) mass is 2100 g/mol. The standard InChI is InChI=1S/C87H143N23O37/c1-35(2)25-47(76(135)99-50(28-57(91)114)78(137)96-46(20-23-61(120)121)74(133)108-68(40(11)12)86(145)104-53(87(146)147)31-64(126)127)102-85(144)67(39(9)10)110-80(139)52(30-63(124)125)101-77(136)48(26-36(3)4)103-84(143)66(38(7)8)109-79(138)51(29-62(122)123)98-70(129)42(14)93-83(142)65(37(5)6)107-73(132)43(17-15-16-24-88)95-69(128)41(13)92-75(134)49(27-56(90)113)100-82(141)55(34-112)106-72(131)45(19-22-60(118)119)97-81(140)54(33-111)105-71(130)44(18-21-59(116)117)94-58(115)32-89/h35-55,65-68,111-112H,15-34,88-89H2,1-14H3,(H2,90,113)(H2,91,114)(H,92,134)(H,93,142)(H,94,115)(H,95,128)(H,96,137)(H,97,140)(H,98,129)(H,99,135)(H,100,141)(H,101,136)(H,102,144)(H,103,143)(H,104,145)(H,105,130)(H,106,131)(H,107,132)(H,108,133)(H,109,138)(H,110,139)(H,116,117)(H,118,119)(H,120,121)(H,122,123)(H,124,125)(H,126,127)(H,146,147)/t41-,42-,43-,44-,45-,46-,47-,48-,49-,50-,51-,52-,53-,54-,55-,65-,66-,67-,68-/m0/s1. The number of carbonyl (C=O) groups is 28. The van der Waals surface area contributed by atoms with Crippen LogP contribution in [-0.4, -0.2) is 353 Å². The van der Waals surface area contributed by atoms with E-state index in [-0.39, 0.29) is 38.6 Å². The minimum Gasteiger partial charge on any atom is -0.481 e. The van der Waals surface area contributed by atoms with E-state index < -0.39 is 407 Å². The van der Waals surface area contributed by atoms with Gasteiger partial charge < -0.3 is 170 Å². The van der Waals surface area contributed by atoms with Gasteiger partial charge in [0.25, 0.3) is 0 Å². The van der Waals surface area contributed by atoms with Gasteiger partial charge in [-0.15, -0.1) is 0 Å². The van der Waals surface area contributed by atoms with Crippen LogP contribution in [0, 0.1) is 35.5 Å². The van der Waals surface area contributed by atoms with Crippen LogP contribution in [0.15, 0.2) is 0 Å². The van der Waals surface area contributed by atoms with Crippen molar-refractivity contribution in [3.05, 3.63) is 0 Å². The maximum atomic E-state index is 14.4. The van der Waals surface area contributed by atoms with Crippen molar-refractivity contribution in [2.24, 2.45) is 58.4 Å². The summed E-state index contributed by atoms with van der Waals surface area (Å²) in [6.45, 7) is 16.6. The number of aliphatic hydroxyl groups excluding tert-OH is 2. The molecule has 0 bridgehead atoms. The zero-order valence-corrected chi connectivity index (χ0v) is 83.8. The van der Waals surface area contributed by atoms with Gasteiger partial charge in [0.15, 0.2) is 0 Å². The second kappa shape index (κ2) is 66.1. The molecule has 0 radical (unpaired) electrons. The first kappa shape index (κ1) is 132. The molecule has 60 heteroatoms. The van der Waals surface area contributed by atoms with Gasteiger partial charge in [-0.2, -0.15) is 0 Å². The van der Waals surface area contributed by atoms with E-state index in [1.807, 2.05) is 16.0 Å². The van der Waals surface area contributed by atoms with Crippen LogP contribution >= 0.6 is 0 Å². The van der Waals surface area contributed by atoms with Gasteiger partial charge >= 0.3 is 41.8 Å². The topological polar surface area (TPSA) is 993 Å². The molecule has 828 valence electrons. The predicted molar refractivity (Wildman–Crippen MR) is 505 cm³/mol. The van der Waals surface area contributed by atoms with Crippen molar-refractivity contribution in [1.29, 1.82) is 0 Å². The Balaban J connectivity index is 6.94. The summed E-state index contributed by atoms with van der Waals surface area (Å²) in [4.78, 5) is 370. The number of aliphatic hydroxyl groups is 2. The highest BCUT2D eigenvalue weighted by molar-refractivity contribution is 6.04. The molecule has 0 spiro atoms. The number of amides is 21. The molecule has 60 nitrogen and oxygen atoms in total. The minimum absolute atomic E-state index is 0.0670. The van der Waals surface area contributed by atoms with Crippen molar-refractivity contribution in [3.63, 3.8) is 0 Å². The van der Waals surface area contributed by atoms with Crippen molar-refractivity contribution >= 4 is 166 Å². The number of aliphatic carboxylic acids is 7. The van der Waals surface area contributed by atoms with Crippen molar-refractivity contribution in [1.82, 2.24) is 101 Å². The van der Waals surface area contributed by atoms with E-state index in [4.69, 9.17) is 28.0 Å². The summed E-state index contributed by atoms with van der Waals surface area (Å²) in [7, 11) is 0. The Hall–Kier alpha value is -15.0. The number of hydrogen-bond donors (Lipinski definition) is 32. The third kappa shape index (κ3) is 50.9. The van der Waals surface area contributed by atoms with Gasteiger partial charge in [-0.1, -0.05) is 83.1 Å². The van der Waals surface area contributed by atoms with E-state index in [0.29, 0.717) is 0 Å². The van der Waals surface area contributed by atoms with E-state index in [2.05, 4.69) is 85.1 Å². The summed E-state index contributed by atoms with van der Waals surface area (Å²) in [5.41, 5.74) is 21.8. The fourth-order valence-corrected chi connectivity index (χ4v) is 13.6. The normalized spacial score (nSPS) is 15.0. The van der Waals surface area contributed by atoms with Gasteiger partial charge in [-0.25, -0.2) is 4.79 Å². The average molecular weight is 2100 g/mol. The van der Waals surface area contributed by atoms with Crippen LogP contribution in [0.2, 0.25) is 0 Å². The van der Waals surface area contributed by atoms with Crippen LogP contribution in [0.1, 0.15) is 200 Å². The highest BCUT2D eigenvalue weighted by Crippen LogP contribution is 2.17. The fourth-order valence-electron chi connectivity index (χ4n) is 13.6. The first-order valence-corrected chi connectivity index (χ1v) is 46.7. The Morgan fingerprint density at radius 3 is 0.721 bits per heavy atom. The van der Waals surface area contributed by atoms with Gasteiger partial charge in [0.05, 0.1) is 51.9 Å². The van der Waals surface area contributed by atoms with Crippen LogP contribution in [0.5, 0.6) is 0 Å². The maximum Gasteiger partial charge on any atom is 0.326 e. The van der Waals surface area contributed by atoms with Gasteiger partial charge in [-0.3, -0.25) is 129 Å². The first-order chi connectivity index (χ1) is 68.3. The van der Waals surface area contributed by atoms with Crippen LogP contribution in [0.4, 0.5) is 0 Å². The molecule has 0 saturated carbocycles. The van der Waals surface area contributed by atoms with Crippen molar-refractivity contribution in [2.45, 2.75) is 314 Å². The van der Waals surface area contributed by atoms with Gasteiger partial charge in [0.2, 0.25) is 124 Å². The highest BCUT2D eigenvalue weighted by atomic mass is 16.4. The molecule has 21 amide bonds. The Morgan fingerprint density at radius 2 is 0.442 bits per heavy atom. The number of primary amides is 2. The molecule has 0 aromatic rings. The van der Waals surface area contributed by atoms with Crippen molar-refractivity contribution in [2.75, 3.05) is 26.3 Å². The molecule has 36 N–H and O–H groups in total. The lowest BCUT2D eigenvalue weighted by Gasteiger charge is -2.30. The minimum atomic E-state index is -2.11. The molecule has 0 saturated heterocycles. The summed E-state index contributed by atoms with van der Waals surface area (Å²) >= 11 is 0. The molecule has 0 fully saturated rings. The SMILES string of the molecule is CC(C)C[C@H](NC(=O)[C@@H](NC(=O)[C@H](CC(=O)O)NC(=O)[C@H](C)NC(=O)[C@@H](NC(=O)[C@H](CCCCN)NC(=O)[C@H](C)NC(=O)[C@H](CC(N)=O)NC(=O)[C@H](CO)NC(=O)[C@H](CCC(=O)O)NC(=O)[C@H](CO)NC(=O)[C@H](CCC(=O)O)NC(=O)CN)C(C)C)C(C)C)C(=O)N[C@@H](CC(=O)O)C(=O)N[C@H](C(=O)N[C@@H](CC(C)C)C(=O)N[C@@H](CC(N)=O)C(=O)N[C@@H](CCC(=O)O)C(=O)N[C@H](C(=O)N[C@@H](CC(=O)O)C(=O)O)C(C)C)C(C)C. The molecule has 0 aliphatic carbocycles. The van der Waals surface area contributed by atoms with E-state index in [1.54, 1.807) is 27.7 Å². The molecule has 0 aromatic heterocycles. The van der Waals surface area contributed by atoms with E-state index in [0.717, 1.165) is 13.8 Å². The zero-order valence-electron chi connectivity index (χ0n) is 83.8. The third-order valence-electron chi connectivity index (χ3n) is 21.5. The van der Waals surface area contributed by atoms with Crippen LogP contribution in [-0.2, 0) is 134 Å². The molecule has 0 aromatic carbocycles. The molecule has 0 rings (SSSR count). The van der Waals surface area contributed by atoms with Gasteiger partial charge in [0, 0.05) is 19.3 Å². The van der Waals surface area contributed by atoms with E-state index in [1.165, 1.54) is 55.4 Å². The number of carbonyl (C=O) groups excluding carboxylic acids is 21. The second-order valence-corrected chi connectivity index (χ2v) is 36.6. The second-order valence-electron chi connectivity index (χ2n) is 36.6. The molecular weight excluding hydrogens is 1960 g/mol. The molecule has 19 atom stereocenters. The largest absolute Gasteiger partial charge is 0.481 e. The van der Waals surface area contributed by atoms with Crippen LogP contribution in [0.25, 0.3) is 0 Å². The summed E-state index contributed by atoms with van der Waals surface area (Å²) < 4.78 is 0. The first-order valence-electron chi connectivity index (χ1n) is 46.7. The molecule has 0 aliphatic rings. The predicted octanol–water partition coefficient (Wildman–Crippen LogP) is -12.1. The van der Waals surface area contributed by atoms with Crippen molar-refractivity contribution in [3.8, 4) is 0 Å². The molecule has 0 unspecified atom stereocenters. The summed E-state index contributed by atoms with van der Waals surface area (Å²) in [5, 5.41) is 130. The lowest BCUT2D eigenvalue weighted by molar-refractivity contribution is -0.147. The summed E-state index contributed by atoms with van der Waals surface area (Å²) in [6.07, 6.45) is -10.3. The molecule has 147 heavy (non-hydrogen) atoms. The van der Waals surface area contributed by atoms with Gasteiger partial charge in [0.1, 0.15) is 115 Å². The summed E-state index contributed by atoms with van der Waals surface area (Å²) in [6, 6.07) is -34.8. The van der Waals surface area contributed by atoms with E-state index >= 15 is 0 Å². The van der Waals surface area contributed by atoms with Crippen LogP contribution in [0.3, 0.4) is 0 Å². The lowest BCUT2D eigenvalue weighted by atomic mass is 9.98. The number of nitrogens with one attached hydrogen (secondary N) is 19. The summed E-state index contributed by atoms with van der Waals surface area (Å²) in [5.74, 6) is -41.8. The highest BCUT2D eigenvalue weighted by Gasteiger charge is 2.43. The van der Waals surface area contributed by atoms with Crippen LogP contribution < -0.4 is 124 Å². The van der Waals surface area contributed by atoms with Crippen molar-refractivity contribution < 1.29 is 180 Å². The number of hydrogen-bond acceptors (Lipinski definition) is 32. The van der Waals surface area contributed by atoms with E-state index in [9.17, 15) is 175 Å². The van der Waals surface area contributed by atoms with Gasteiger partial charge in [-0.05, 0) is 107 Å². The zero-order chi connectivity index (χ0) is 113. The number of unbranched alkanes of at least 4 members (excludes halogenated alkanes) is 1. The Bertz CT molecular complexity index is 4670. The number of carboxylic acids is 7. The maximum absolute atomic E-state index is 14.4. The number of carboxylic acid groups (broad SMARTS) is 7. The fraction of sp³-hybridized carbons (Fsp3) is 0.678. The Labute approximate surface area is 843 Å².